The fourth-order valence-corrected chi connectivity index (χ4v) is 2.00. The van der Waals surface area contributed by atoms with E-state index in [4.69, 9.17) is 0 Å². The predicted octanol–water partition coefficient (Wildman–Crippen LogP) is 0.754. The van der Waals surface area contributed by atoms with Gasteiger partial charge >= 0.3 is 0 Å². The van der Waals surface area contributed by atoms with Crippen LogP contribution in [0.3, 0.4) is 0 Å². The maximum absolute atomic E-state index is 11.5. The topological polar surface area (TPSA) is 70.5 Å². The molecular weight excluding hydrogens is 276 g/mol. The lowest BCUT2D eigenvalue weighted by Crippen LogP contribution is -2.27. The van der Waals surface area contributed by atoms with Crippen molar-refractivity contribution in [2.45, 2.75) is 12.5 Å². The number of rotatable bonds is 2. The van der Waals surface area contributed by atoms with E-state index in [1.54, 1.807) is 6.07 Å². The summed E-state index contributed by atoms with van der Waals surface area (Å²) in [5.41, 5.74) is 0.330. The molecule has 1 aromatic heterocycles. The Bertz CT molecular complexity index is 450. The minimum atomic E-state index is -0.683. The van der Waals surface area contributed by atoms with Crippen molar-refractivity contribution in [2.24, 2.45) is 0 Å². The van der Waals surface area contributed by atoms with E-state index in [0.29, 0.717) is 22.1 Å². The second-order valence-electron chi connectivity index (χ2n) is 3.55. The van der Waals surface area contributed by atoms with Crippen LogP contribution in [0.1, 0.15) is 16.8 Å². The number of amides is 1. The zero-order valence-corrected chi connectivity index (χ0v) is 9.85. The van der Waals surface area contributed by atoms with E-state index in [2.05, 4.69) is 20.9 Å². The molecule has 1 aliphatic rings. The van der Waals surface area contributed by atoms with Crippen molar-refractivity contribution in [3.63, 3.8) is 0 Å². The number of halogens is 1. The van der Waals surface area contributed by atoms with Crippen LogP contribution in [0.2, 0.25) is 0 Å². The number of aliphatic hydroxyl groups excluding tert-OH is 1. The largest absolute Gasteiger partial charge is 0.391 e. The lowest BCUT2D eigenvalue weighted by molar-refractivity contribution is -0.117. The van der Waals surface area contributed by atoms with Crippen molar-refractivity contribution < 1.29 is 14.7 Å². The molecular formula is C10H9BrN2O3. The fourth-order valence-electron chi connectivity index (χ4n) is 1.65. The van der Waals surface area contributed by atoms with Gasteiger partial charge in [0.25, 0.3) is 0 Å². The van der Waals surface area contributed by atoms with Crippen LogP contribution in [0.15, 0.2) is 16.7 Å². The molecule has 1 fully saturated rings. The molecule has 1 amide bonds. The summed E-state index contributed by atoms with van der Waals surface area (Å²) in [6, 6.07) is 1.59. The summed E-state index contributed by atoms with van der Waals surface area (Å²) in [6.45, 7) is 0.189. The number of hydrogen-bond acceptors (Lipinski definition) is 4. The zero-order chi connectivity index (χ0) is 11.7. The van der Waals surface area contributed by atoms with E-state index >= 15 is 0 Å². The number of nitrogens with zero attached hydrogens (tertiary/aromatic N) is 2. The Morgan fingerprint density at radius 2 is 2.38 bits per heavy atom. The maximum atomic E-state index is 11.5. The number of aromatic nitrogens is 1. The third-order valence-electron chi connectivity index (χ3n) is 2.35. The summed E-state index contributed by atoms with van der Waals surface area (Å²) in [7, 11) is 0. The molecule has 1 N–H and O–H groups in total. The third-order valence-corrected chi connectivity index (χ3v) is 2.78. The van der Waals surface area contributed by atoms with Crippen molar-refractivity contribution in [1.29, 1.82) is 0 Å². The number of carbonyl (C=O) groups excluding carboxylic acids is 2. The predicted molar refractivity (Wildman–Crippen MR) is 60.3 cm³/mol. The Balaban J connectivity index is 2.40. The number of anilines is 1. The van der Waals surface area contributed by atoms with Gasteiger partial charge in [0.05, 0.1) is 24.6 Å². The molecule has 1 aliphatic heterocycles. The number of carbonyl (C=O) groups is 2. The van der Waals surface area contributed by atoms with Gasteiger partial charge in [-0.3, -0.25) is 14.5 Å². The molecule has 0 radical (unpaired) electrons. The summed E-state index contributed by atoms with van der Waals surface area (Å²) in [5.74, 6) is 0.0881. The van der Waals surface area contributed by atoms with Crippen LogP contribution in [0.25, 0.3) is 0 Å². The van der Waals surface area contributed by atoms with Gasteiger partial charge in [0.2, 0.25) is 5.91 Å². The van der Waals surface area contributed by atoms with Crippen LogP contribution in [-0.2, 0) is 4.79 Å². The second kappa shape index (κ2) is 4.31. The van der Waals surface area contributed by atoms with Gasteiger partial charge in [0.15, 0.2) is 6.29 Å². The first-order chi connectivity index (χ1) is 7.61. The highest BCUT2D eigenvalue weighted by molar-refractivity contribution is 9.10. The van der Waals surface area contributed by atoms with Crippen LogP contribution in [0.4, 0.5) is 5.82 Å². The molecule has 84 valence electrons. The SMILES string of the molecule is O=Cc1cc(Br)cnc1N1CC(O)CC1=O. The van der Waals surface area contributed by atoms with Gasteiger partial charge in [-0.15, -0.1) is 0 Å². The average Bonchev–Trinajstić information content (AvgIpc) is 2.57. The first-order valence-electron chi connectivity index (χ1n) is 4.71. The number of hydrogen-bond donors (Lipinski definition) is 1. The van der Waals surface area contributed by atoms with Gasteiger partial charge in [-0.2, -0.15) is 0 Å². The normalized spacial score (nSPS) is 20.2. The molecule has 1 saturated heterocycles. The molecule has 5 nitrogen and oxygen atoms in total. The maximum Gasteiger partial charge on any atom is 0.230 e. The van der Waals surface area contributed by atoms with E-state index < -0.39 is 6.10 Å². The quantitative estimate of drug-likeness (QED) is 0.814. The monoisotopic (exact) mass is 284 g/mol. The molecule has 0 spiro atoms. The van der Waals surface area contributed by atoms with Crippen molar-refractivity contribution in [2.75, 3.05) is 11.4 Å². The summed E-state index contributed by atoms with van der Waals surface area (Å²) in [4.78, 5) is 27.8. The molecule has 6 heteroatoms. The van der Waals surface area contributed by atoms with Gasteiger partial charge in [-0.25, -0.2) is 4.98 Å². The molecule has 2 heterocycles. The Labute approximate surface area is 100 Å². The second-order valence-corrected chi connectivity index (χ2v) is 4.46. The van der Waals surface area contributed by atoms with Crippen LogP contribution < -0.4 is 4.90 Å². The standard InChI is InChI=1S/C10H9BrN2O3/c11-7-1-6(5-14)10(12-3-7)13-4-8(15)2-9(13)16/h1,3,5,8,15H,2,4H2. The molecule has 0 aliphatic carbocycles. The number of aliphatic hydroxyl groups is 1. The molecule has 1 unspecified atom stereocenters. The highest BCUT2D eigenvalue weighted by atomic mass is 79.9. The van der Waals surface area contributed by atoms with Crippen molar-refractivity contribution in [3.8, 4) is 0 Å². The van der Waals surface area contributed by atoms with Gasteiger partial charge < -0.3 is 5.11 Å². The van der Waals surface area contributed by atoms with E-state index in [-0.39, 0.29) is 18.9 Å². The van der Waals surface area contributed by atoms with E-state index in [9.17, 15) is 14.7 Å². The van der Waals surface area contributed by atoms with E-state index in [1.807, 2.05) is 0 Å². The van der Waals surface area contributed by atoms with Crippen LogP contribution >= 0.6 is 15.9 Å². The van der Waals surface area contributed by atoms with Crippen molar-refractivity contribution in [3.05, 3.63) is 22.3 Å². The van der Waals surface area contributed by atoms with Gasteiger partial charge in [0, 0.05) is 10.7 Å². The zero-order valence-electron chi connectivity index (χ0n) is 8.26. The number of pyridine rings is 1. The van der Waals surface area contributed by atoms with Gasteiger partial charge in [-0.1, -0.05) is 0 Å². The summed E-state index contributed by atoms with van der Waals surface area (Å²) < 4.78 is 0.672. The van der Waals surface area contributed by atoms with Crippen molar-refractivity contribution >= 4 is 33.9 Å². The van der Waals surface area contributed by atoms with Gasteiger partial charge in [-0.05, 0) is 22.0 Å². The van der Waals surface area contributed by atoms with Gasteiger partial charge in [0.1, 0.15) is 5.82 Å². The molecule has 0 aromatic carbocycles. The van der Waals surface area contributed by atoms with Crippen LogP contribution in [0, 0.1) is 0 Å². The van der Waals surface area contributed by atoms with E-state index in [0.717, 1.165) is 0 Å². The smallest absolute Gasteiger partial charge is 0.230 e. The fraction of sp³-hybridized carbons (Fsp3) is 0.300. The summed E-state index contributed by atoms with van der Waals surface area (Å²) in [6.07, 6.45) is 1.55. The Morgan fingerprint density at radius 1 is 1.62 bits per heavy atom. The highest BCUT2D eigenvalue weighted by Gasteiger charge is 2.31. The summed E-state index contributed by atoms with van der Waals surface area (Å²) in [5, 5.41) is 9.36. The third kappa shape index (κ3) is 1.98. The minimum absolute atomic E-state index is 0.0794. The Hall–Kier alpha value is -1.27. The molecule has 2 rings (SSSR count). The first kappa shape index (κ1) is 11.2. The minimum Gasteiger partial charge on any atom is -0.391 e. The molecule has 1 aromatic rings. The average molecular weight is 285 g/mol. The highest BCUT2D eigenvalue weighted by Crippen LogP contribution is 2.24. The first-order valence-corrected chi connectivity index (χ1v) is 5.50. The molecule has 0 bridgehead atoms. The molecule has 16 heavy (non-hydrogen) atoms. The number of β-amino-alcohol motifs (C(OH)–C–C–N with tert-alkyl or cyclic N) is 1. The lowest BCUT2D eigenvalue weighted by atomic mass is 10.2. The Kier molecular flexibility index (Phi) is 3.02. The molecule has 1 atom stereocenters. The van der Waals surface area contributed by atoms with E-state index in [1.165, 1.54) is 11.1 Å². The lowest BCUT2D eigenvalue weighted by Gasteiger charge is -2.16. The van der Waals surface area contributed by atoms with Crippen molar-refractivity contribution in [1.82, 2.24) is 4.98 Å². The van der Waals surface area contributed by atoms with Crippen LogP contribution in [-0.4, -0.2) is 34.9 Å². The van der Waals surface area contributed by atoms with Crippen LogP contribution in [0.5, 0.6) is 0 Å². The Morgan fingerprint density at radius 3 is 2.94 bits per heavy atom. The summed E-state index contributed by atoms with van der Waals surface area (Å²) >= 11 is 3.20. The number of aldehydes is 1. The molecule has 0 saturated carbocycles.